The zero-order valence-electron chi connectivity index (χ0n) is 13.3. The first-order chi connectivity index (χ1) is 12.4. The van der Waals surface area contributed by atoms with Crippen molar-refractivity contribution in [3.63, 3.8) is 0 Å². The van der Waals surface area contributed by atoms with Crippen molar-refractivity contribution in [1.82, 2.24) is 4.98 Å². The number of carbonyl (C=O) groups is 1. The Hall–Kier alpha value is -2.36. The minimum atomic E-state index is -3.80. The van der Waals surface area contributed by atoms with E-state index in [9.17, 15) is 13.2 Å². The van der Waals surface area contributed by atoms with E-state index in [1.165, 1.54) is 5.38 Å². The van der Waals surface area contributed by atoms with Crippen molar-refractivity contribution in [1.29, 1.82) is 0 Å². The molecule has 1 aromatic carbocycles. The zero-order chi connectivity index (χ0) is 18.6. The van der Waals surface area contributed by atoms with Gasteiger partial charge in [-0.1, -0.05) is 6.07 Å². The number of pyridine rings is 1. The summed E-state index contributed by atoms with van der Waals surface area (Å²) in [6, 6.07) is 12.0. The molecule has 0 amide bonds. The van der Waals surface area contributed by atoms with Gasteiger partial charge >= 0.3 is 5.97 Å². The molecule has 0 fully saturated rings. The Labute approximate surface area is 159 Å². The van der Waals surface area contributed by atoms with Crippen LogP contribution in [0, 0.1) is 0 Å². The molecule has 0 saturated carbocycles. The fraction of sp³-hybridized carbons (Fsp3) is 0.0588. The van der Waals surface area contributed by atoms with E-state index < -0.39 is 16.0 Å². The van der Waals surface area contributed by atoms with Crippen LogP contribution in [0.3, 0.4) is 0 Å². The van der Waals surface area contributed by atoms with Gasteiger partial charge in [0.2, 0.25) is 0 Å². The molecule has 0 aliphatic rings. The van der Waals surface area contributed by atoms with Crippen LogP contribution in [0.2, 0.25) is 0 Å². The number of thioether (sulfide) groups is 1. The summed E-state index contributed by atoms with van der Waals surface area (Å²) < 4.78 is 27.1. The highest BCUT2D eigenvalue weighted by molar-refractivity contribution is 7.98. The number of carboxylic acids is 1. The molecule has 0 atom stereocenters. The van der Waals surface area contributed by atoms with Crippen molar-refractivity contribution in [2.75, 3.05) is 4.72 Å². The summed E-state index contributed by atoms with van der Waals surface area (Å²) in [5, 5.41) is 10.2. The fourth-order valence-corrected chi connectivity index (χ4v) is 5.09. The third-order valence-electron chi connectivity index (χ3n) is 3.32. The lowest BCUT2D eigenvalue weighted by Gasteiger charge is -2.07. The molecule has 2 heterocycles. The Bertz CT molecular complexity index is 1000. The average molecular weight is 407 g/mol. The van der Waals surface area contributed by atoms with E-state index in [-0.39, 0.29) is 9.77 Å². The SMILES string of the molecule is O=C(O)c1csc(S(=O)(=O)Nc2ccc(SCc3cccnc3)cc2)c1. The number of nitrogens with zero attached hydrogens (tertiary/aromatic N) is 1. The summed E-state index contributed by atoms with van der Waals surface area (Å²) in [4.78, 5) is 16.0. The van der Waals surface area contributed by atoms with Gasteiger partial charge in [-0.2, -0.15) is 0 Å². The van der Waals surface area contributed by atoms with Gasteiger partial charge in [-0.25, -0.2) is 13.2 Å². The highest BCUT2D eigenvalue weighted by Crippen LogP contribution is 2.26. The largest absolute Gasteiger partial charge is 0.478 e. The van der Waals surface area contributed by atoms with Crippen LogP contribution < -0.4 is 4.72 Å². The topological polar surface area (TPSA) is 96.4 Å². The van der Waals surface area contributed by atoms with Gasteiger partial charge in [-0.05, 0) is 42.0 Å². The highest BCUT2D eigenvalue weighted by Gasteiger charge is 2.19. The smallest absolute Gasteiger partial charge is 0.336 e. The van der Waals surface area contributed by atoms with Crippen molar-refractivity contribution < 1.29 is 18.3 Å². The summed E-state index contributed by atoms with van der Waals surface area (Å²) in [5.74, 6) is -0.385. The minimum absolute atomic E-state index is 0.0371. The second kappa shape index (κ2) is 7.90. The maximum absolute atomic E-state index is 12.3. The molecule has 9 heteroatoms. The average Bonchev–Trinajstić information content (AvgIpc) is 3.13. The molecule has 0 unspecified atom stereocenters. The van der Waals surface area contributed by atoms with Crippen molar-refractivity contribution in [3.05, 3.63) is 71.4 Å². The number of carboxylic acid groups (broad SMARTS) is 1. The lowest BCUT2D eigenvalue weighted by atomic mass is 10.3. The van der Waals surface area contributed by atoms with Crippen molar-refractivity contribution in [2.24, 2.45) is 0 Å². The lowest BCUT2D eigenvalue weighted by Crippen LogP contribution is -2.11. The number of hydrogen-bond acceptors (Lipinski definition) is 6. The van der Waals surface area contributed by atoms with Crippen LogP contribution in [-0.2, 0) is 15.8 Å². The zero-order valence-corrected chi connectivity index (χ0v) is 15.8. The fourth-order valence-electron chi connectivity index (χ4n) is 2.04. The third-order valence-corrected chi connectivity index (χ3v) is 7.23. The third kappa shape index (κ3) is 4.63. The number of thiophene rings is 1. The van der Waals surface area contributed by atoms with Crippen LogP contribution >= 0.6 is 23.1 Å². The van der Waals surface area contributed by atoms with Gasteiger partial charge in [0.1, 0.15) is 4.21 Å². The summed E-state index contributed by atoms with van der Waals surface area (Å²) >= 11 is 2.49. The normalized spacial score (nSPS) is 11.2. The van der Waals surface area contributed by atoms with Gasteiger partial charge in [-0.15, -0.1) is 23.1 Å². The highest BCUT2D eigenvalue weighted by atomic mass is 32.2. The molecule has 3 rings (SSSR count). The molecule has 26 heavy (non-hydrogen) atoms. The predicted molar refractivity (Wildman–Crippen MR) is 102 cm³/mol. The number of nitrogens with one attached hydrogen (secondary N) is 1. The van der Waals surface area contributed by atoms with Gasteiger partial charge in [-0.3, -0.25) is 9.71 Å². The second-order valence-corrected chi connectivity index (χ2v) is 9.11. The van der Waals surface area contributed by atoms with Crippen molar-refractivity contribution in [2.45, 2.75) is 14.9 Å². The number of sulfonamides is 1. The van der Waals surface area contributed by atoms with Crippen LogP contribution in [0.15, 0.2) is 69.3 Å². The summed E-state index contributed by atoms with van der Waals surface area (Å²) in [6.45, 7) is 0. The monoisotopic (exact) mass is 406 g/mol. The molecule has 0 bridgehead atoms. The molecule has 3 aromatic rings. The van der Waals surface area contributed by atoms with Crippen LogP contribution in [-0.4, -0.2) is 24.5 Å². The molecule has 0 aliphatic heterocycles. The van der Waals surface area contributed by atoms with Crippen LogP contribution in [0.25, 0.3) is 0 Å². The minimum Gasteiger partial charge on any atom is -0.478 e. The lowest BCUT2D eigenvalue weighted by molar-refractivity contribution is 0.0697. The standard InChI is InChI=1S/C17H14N2O4S3/c20-17(21)13-8-16(25-11-13)26(22,23)19-14-3-5-15(6-4-14)24-10-12-2-1-7-18-9-12/h1-9,11,19H,10H2,(H,20,21). The number of benzene rings is 1. The first-order valence-corrected chi connectivity index (χ1v) is 10.8. The molecular formula is C17H14N2O4S3. The number of hydrogen-bond donors (Lipinski definition) is 2. The van der Waals surface area contributed by atoms with Gasteiger partial charge in [0.05, 0.1) is 5.56 Å². The first-order valence-electron chi connectivity index (χ1n) is 7.40. The first kappa shape index (κ1) is 18.4. The molecule has 2 aromatic heterocycles. The van der Waals surface area contributed by atoms with Gasteiger partial charge in [0, 0.05) is 34.1 Å². The van der Waals surface area contributed by atoms with Crippen LogP contribution in [0.5, 0.6) is 0 Å². The summed E-state index contributed by atoms with van der Waals surface area (Å²) in [6.07, 6.45) is 3.53. The predicted octanol–water partition coefficient (Wildman–Crippen LogP) is 3.93. The Morgan fingerprint density at radius 3 is 2.62 bits per heavy atom. The Morgan fingerprint density at radius 2 is 2.00 bits per heavy atom. The Morgan fingerprint density at radius 1 is 1.23 bits per heavy atom. The maximum Gasteiger partial charge on any atom is 0.336 e. The maximum atomic E-state index is 12.3. The van der Waals surface area contributed by atoms with Crippen molar-refractivity contribution >= 4 is 44.8 Å². The molecule has 6 nitrogen and oxygen atoms in total. The number of aromatic nitrogens is 1. The quantitative estimate of drug-likeness (QED) is 0.577. The van der Waals surface area contributed by atoms with E-state index >= 15 is 0 Å². The van der Waals surface area contributed by atoms with Crippen molar-refractivity contribution in [3.8, 4) is 0 Å². The van der Waals surface area contributed by atoms with Crippen LogP contribution in [0.4, 0.5) is 5.69 Å². The molecular weight excluding hydrogens is 392 g/mol. The summed E-state index contributed by atoms with van der Waals surface area (Å²) in [5.41, 5.74) is 1.48. The number of anilines is 1. The van der Waals surface area contributed by atoms with E-state index in [1.54, 1.807) is 30.1 Å². The molecule has 134 valence electrons. The Kier molecular flexibility index (Phi) is 5.60. The number of aromatic carboxylic acids is 1. The molecule has 2 N–H and O–H groups in total. The molecule has 0 saturated heterocycles. The van der Waals surface area contributed by atoms with Gasteiger partial charge in [0.25, 0.3) is 10.0 Å². The van der Waals surface area contributed by atoms with E-state index in [2.05, 4.69) is 9.71 Å². The second-order valence-electron chi connectivity index (χ2n) is 5.24. The Balaban J connectivity index is 1.65. The molecule has 0 spiro atoms. The van der Waals surface area contributed by atoms with Gasteiger partial charge in [0.15, 0.2) is 0 Å². The van der Waals surface area contributed by atoms with Gasteiger partial charge < -0.3 is 5.11 Å². The van der Waals surface area contributed by atoms with E-state index in [1.807, 2.05) is 30.5 Å². The molecule has 0 radical (unpaired) electrons. The van der Waals surface area contributed by atoms with E-state index in [0.29, 0.717) is 5.69 Å². The van der Waals surface area contributed by atoms with E-state index in [0.717, 1.165) is 33.6 Å². The molecule has 0 aliphatic carbocycles. The summed E-state index contributed by atoms with van der Waals surface area (Å²) in [7, 11) is -3.80. The number of rotatable bonds is 7. The van der Waals surface area contributed by atoms with E-state index in [4.69, 9.17) is 5.11 Å². The van der Waals surface area contributed by atoms with Crippen LogP contribution in [0.1, 0.15) is 15.9 Å².